The van der Waals surface area contributed by atoms with Crippen LogP contribution in [0.5, 0.6) is 11.6 Å². The first-order chi connectivity index (χ1) is 15.1. The van der Waals surface area contributed by atoms with E-state index in [1.54, 1.807) is 4.57 Å². The molecule has 31 heavy (non-hydrogen) atoms. The number of ether oxygens (including phenoxy) is 5. The summed E-state index contributed by atoms with van der Waals surface area (Å²) in [6, 6.07) is 7.78. The fraction of sp³-hybridized carbons (Fsp3) is 0.565. The van der Waals surface area contributed by atoms with E-state index in [4.69, 9.17) is 23.7 Å². The summed E-state index contributed by atoms with van der Waals surface area (Å²) in [5.41, 5.74) is 2.64. The first-order valence-electron chi connectivity index (χ1n) is 11.0. The predicted molar refractivity (Wildman–Crippen MR) is 115 cm³/mol. The van der Waals surface area contributed by atoms with Crippen molar-refractivity contribution in [2.75, 3.05) is 39.6 Å². The molecule has 0 bridgehead atoms. The summed E-state index contributed by atoms with van der Waals surface area (Å²) in [6.07, 6.45) is 1.83. The molecule has 0 spiro atoms. The third-order valence-electron chi connectivity index (χ3n) is 5.58. The van der Waals surface area contributed by atoms with E-state index < -0.39 is 0 Å². The molecule has 1 aromatic carbocycles. The summed E-state index contributed by atoms with van der Waals surface area (Å²) in [4.78, 5) is 16.6. The fourth-order valence-corrected chi connectivity index (χ4v) is 3.68. The van der Waals surface area contributed by atoms with E-state index in [0.29, 0.717) is 52.1 Å². The largest absolute Gasteiger partial charge is 0.491 e. The van der Waals surface area contributed by atoms with Crippen LogP contribution in [-0.4, -0.2) is 61.4 Å². The van der Waals surface area contributed by atoms with E-state index in [9.17, 15) is 4.79 Å². The van der Waals surface area contributed by atoms with Gasteiger partial charge in [-0.2, -0.15) is 4.98 Å². The SMILES string of the molecule is CCC(C)OCCOc1ccc2c(c1)CCn1c-2cc(OC[C@H]2COCCO2)nc1=O. The van der Waals surface area contributed by atoms with Crippen molar-refractivity contribution in [1.82, 2.24) is 9.55 Å². The maximum atomic E-state index is 12.5. The zero-order chi connectivity index (χ0) is 21.6. The van der Waals surface area contributed by atoms with Crippen LogP contribution in [0.15, 0.2) is 29.1 Å². The van der Waals surface area contributed by atoms with Crippen molar-refractivity contribution >= 4 is 0 Å². The van der Waals surface area contributed by atoms with E-state index in [0.717, 1.165) is 35.4 Å². The summed E-state index contributed by atoms with van der Waals surface area (Å²) < 4.78 is 29.9. The predicted octanol–water partition coefficient (Wildman–Crippen LogP) is 2.45. The third kappa shape index (κ3) is 5.44. The summed E-state index contributed by atoms with van der Waals surface area (Å²) in [7, 11) is 0. The lowest BCUT2D eigenvalue weighted by Crippen LogP contribution is -2.34. The Balaban J connectivity index is 1.45. The average molecular weight is 431 g/mol. The molecule has 4 rings (SSSR count). The second-order valence-corrected chi connectivity index (χ2v) is 7.80. The van der Waals surface area contributed by atoms with Crippen molar-refractivity contribution in [1.29, 1.82) is 0 Å². The second-order valence-electron chi connectivity index (χ2n) is 7.80. The highest BCUT2D eigenvalue weighted by Crippen LogP contribution is 2.32. The lowest BCUT2D eigenvalue weighted by molar-refractivity contribution is -0.102. The lowest BCUT2D eigenvalue weighted by Gasteiger charge is -2.24. The van der Waals surface area contributed by atoms with Gasteiger partial charge in [-0.1, -0.05) is 6.92 Å². The van der Waals surface area contributed by atoms with Crippen molar-refractivity contribution in [3.63, 3.8) is 0 Å². The molecule has 1 saturated heterocycles. The molecule has 0 aliphatic carbocycles. The third-order valence-corrected chi connectivity index (χ3v) is 5.58. The quantitative estimate of drug-likeness (QED) is 0.565. The van der Waals surface area contributed by atoms with E-state index in [1.165, 1.54) is 0 Å². The molecule has 3 heterocycles. The van der Waals surface area contributed by atoms with E-state index in [-0.39, 0.29) is 17.9 Å². The highest BCUT2D eigenvalue weighted by Gasteiger charge is 2.21. The van der Waals surface area contributed by atoms with Gasteiger partial charge in [0, 0.05) is 18.2 Å². The van der Waals surface area contributed by atoms with Crippen molar-refractivity contribution < 1.29 is 23.7 Å². The number of hydrogen-bond acceptors (Lipinski definition) is 7. The molecule has 2 atom stereocenters. The standard InChI is InChI=1S/C23H30N2O6/c1-3-16(2)28-10-11-29-18-4-5-20-17(12-18)6-7-25-21(20)13-22(24-23(25)26)31-15-19-14-27-8-9-30-19/h4-5,12-13,16,19H,3,6-11,14-15H2,1-2H3/t16?,19-/m1/s1. The summed E-state index contributed by atoms with van der Waals surface area (Å²) >= 11 is 0. The van der Waals surface area contributed by atoms with Crippen molar-refractivity contribution in [3.05, 3.63) is 40.3 Å². The molecular weight excluding hydrogens is 400 g/mol. The zero-order valence-corrected chi connectivity index (χ0v) is 18.2. The highest BCUT2D eigenvalue weighted by atomic mass is 16.6. The molecular formula is C23H30N2O6. The zero-order valence-electron chi connectivity index (χ0n) is 18.2. The van der Waals surface area contributed by atoms with Crippen LogP contribution in [0.3, 0.4) is 0 Å². The molecule has 2 aliphatic heterocycles. The molecule has 8 heteroatoms. The second kappa shape index (κ2) is 10.3. The van der Waals surface area contributed by atoms with Crippen molar-refractivity contribution in [2.24, 2.45) is 0 Å². The Hall–Kier alpha value is -2.42. The van der Waals surface area contributed by atoms with Gasteiger partial charge >= 0.3 is 5.69 Å². The van der Waals surface area contributed by atoms with Gasteiger partial charge in [-0.15, -0.1) is 0 Å². The first-order valence-corrected chi connectivity index (χ1v) is 11.0. The lowest BCUT2D eigenvalue weighted by atomic mass is 9.97. The van der Waals surface area contributed by atoms with Gasteiger partial charge in [-0.05, 0) is 43.5 Å². The van der Waals surface area contributed by atoms with E-state index in [2.05, 4.69) is 18.8 Å². The van der Waals surface area contributed by atoms with Gasteiger partial charge in [0.15, 0.2) is 0 Å². The first kappa shape index (κ1) is 21.8. The van der Waals surface area contributed by atoms with Crippen LogP contribution in [-0.2, 0) is 27.2 Å². The molecule has 0 saturated carbocycles. The van der Waals surface area contributed by atoms with Gasteiger partial charge in [0.05, 0.1) is 38.2 Å². The molecule has 8 nitrogen and oxygen atoms in total. The summed E-state index contributed by atoms with van der Waals surface area (Å²) in [6.45, 7) is 7.74. The summed E-state index contributed by atoms with van der Waals surface area (Å²) in [5.74, 6) is 1.11. The summed E-state index contributed by atoms with van der Waals surface area (Å²) in [5, 5.41) is 0. The number of fused-ring (bicyclic) bond motifs is 3. The van der Waals surface area contributed by atoms with E-state index in [1.807, 2.05) is 24.3 Å². The van der Waals surface area contributed by atoms with Gasteiger partial charge in [0.1, 0.15) is 25.1 Å². The average Bonchev–Trinajstić information content (AvgIpc) is 2.80. The molecule has 0 amide bonds. The van der Waals surface area contributed by atoms with Crippen LogP contribution in [0.4, 0.5) is 0 Å². The van der Waals surface area contributed by atoms with Crippen LogP contribution < -0.4 is 15.2 Å². The minimum Gasteiger partial charge on any atom is -0.491 e. The number of rotatable bonds is 9. The Morgan fingerprint density at radius 3 is 2.94 bits per heavy atom. The maximum absolute atomic E-state index is 12.5. The Bertz CT molecular complexity index is 938. The van der Waals surface area contributed by atoms with Crippen LogP contribution in [0, 0.1) is 0 Å². The molecule has 2 aliphatic rings. The minimum absolute atomic E-state index is 0.148. The molecule has 0 radical (unpaired) electrons. The highest BCUT2D eigenvalue weighted by molar-refractivity contribution is 5.67. The number of aryl methyl sites for hydroxylation is 1. The van der Waals surface area contributed by atoms with Gasteiger partial charge in [0.2, 0.25) is 5.88 Å². The Morgan fingerprint density at radius 2 is 2.13 bits per heavy atom. The van der Waals surface area contributed by atoms with Crippen LogP contribution in [0.2, 0.25) is 0 Å². The van der Waals surface area contributed by atoms with Crippen LogP contribution in [0.1, 0.15) is 25.8 Å². The number of benzene rings is 1. The molecule has 2 aromatic rings. The molecule has 1 aromatic heterocycles. The molecule has 0 N–H and O–H groups in total. The number of hydrogen-bond donors (Lipinski definition) is 0. The minimum atomic E-state index is -0.304. The Kier molecular flexibility index (Phi) is 7.21. The fourth-order valence-electron chi connectivity index (χ4n) is 3.68. The monoisotopic (exact) mass is 430 g/mol. The number of nitrogens with zero attached hydrogens (tertiary/aromatic N) is 2. The molecule has 1 fully saturated rings. The van der Waals surface area contributed by atoms with E-state index >= 15 is 0 Å². The molecule has 168 valence electrons. The normalized spacial score (nSPS) is 18.7. The Labute approximate surface area is 182 Å². The van der Waals surface area contributed by atoms with Crippen LogP contribution in [0.25, 0.3) is 11.3 Å². The van der Waals surface area contributed by atoms with Gasteiger partial charge in [-0.3, -0.25) is 4.57 Å². The van der Waals surface area contributed by atoms with Gasteiger partial charge < -0.3 is 23.7 Å². The van der Waals surface area contributed by atoms with Crippen molar-refractivity contribution in [3.8, 4) is 22.9 Å². The Morgan fingerprint density at radius 1 is 1.23 bits per heavy atom. The van der Waals surface area contributed by atoms with Crippen LogP contribution >= 0.6 is 0 Å². The van der Waals surface area contributed by atoms with Gasteiger partial charge in [0.25, 0.3) is 0 Å². The van der Waals surface area contributed by atoms with Gasteiger partial charge in [-0.25, -0.2) is 4.79 Å². The van der Waals surface area contributed by atoms with Crippen molar-refractivity contribution in [2.45, 2.75) is 45.4 Å². The topological polar surface area (TPSA) is 81.0 Å². The smallest absolute Gasteiger partial charge is 0.351 e. The number of aromatic nitrogens is 2. The maximum Gasteiger partial charge on any atom is 0.351 e. The molecule has 1 unspecified atom stereocenters.